The van der Waals surface area contributed by atoms with Crippen LogP contribution in [0, 0.1) is 0 Å². The van der Waals surface area contributed by atoms with Crippen molar-refractivity contribution in [1.82, 2.24) is 0 Å². The van der Waals surface area contributed by atoms with E-state index in [2.05, 4.69) is 13.8 Å². The Hall–Kier alpha value is 0.799. The predicted molar refractivity (Wildman–Crippen MR) is 51.9 cm³/mol. The molecule has 0 unspecified atom stereocenters. The molecule has 0 aliphatic carbocycles. The van der Waals surface area contributed by atoms with E-state index in [-0.39, 0.29) is 28.6 Å². The van der Waals surface area contributed by atoms with Gasteiger partial charge in [-0.3, -0.25) is 0 Å². The quantitative estimate of drug-likeness (QED) is 0.496. The van der Waals surface area contributed by atoms with Crippen LogP contribution < -0.4 is 0 Å². The molecule has 0 N–H and O–H groups in total. The minimum absolute atomic E-state index is 0. The van der Waals surface area contributed by atoms with Crippen LogP contribution in [0.15, 0.2) is 0 Å². The SMILES string of the molecule is C.CCC[CH2][Sn+2][CH2]CCC. The number of hydrogen-bond acceptors (Lipinski definition) is 0. The van der Waals surface area contributed by atoms with Crippen molar-refractivity contribution < 1.29 is 0 Å². The fourth-order valence-corrected chi connectivity index (χ4v) is 4.89. The van der Waals surface area contributed by atoms with Gasteiger partial charge in [-0.05, 0) is 0 Å². The Morgan fingerprint density at radius 3 is 1.60 bits per heavy atom. The second kappa shape index (κ2) is 12.5. The van der Waals surface area contributed by atoms with Gasteiger partial charge < -0.3 is 0 Å². The van der Waals surface area contributed by atoms with E-state index in [1.165, 1.54) is 25.7 Å². The van der Waals surface area contributed by atoms with Crippen LogP contribution in [0.2, 0.25) is 8.87 Å². The van der Waals surface area contributed by atoms with Gasteiger partial charge in [0.15, 0.2) is 0 Å². The van der Waals surface area contributed by atoms with Crippen LogP contribution in [0.4, 0.5) is 0 Å². The number of rotatable bonds is 6. The summed E-state index contributed by atoms with van der Waals surface area (Å²) in [5.41, 5.74) is 0. The first-order chi connectivity index (χ1) is 4.41. The molecule has 0 spiro atoms. The summed E-state index contributed by atoms with van der Waals surface area (Å²) in [5, 5.41) is 0. The first-order valence-corrected chi connectivity index (χ1v) is 8.16. The van der Waals surface area contributed by atoms with Gasteiger partial charge >= 0.3 is 69.5 Å². The molecule has 0 nitrogen and oxygen atoms in total. The second-order valence-electron chi connectivity index (χ2n) is 2.46. The average molecular weight is 249 g/mol. The van der Waals surface area contributed by atoms with E-state index in [4.69, 9.17) is 0 Å². The zero-order valence-electron chi connectivity index (χ0n) is 6.74. The molecular weight excluding hydrogens is 227 g/mol. The van der Waals surface area contributed by atoms with Crippen molar-refractivity contribution in [3.8, 4) is 0 Å². The van der Waals surface area contributed by atoms with Crippen LogP contribution >= 0.6 is 0 Å². The Morgan fingerprint density at radius 2 is 1.30 bits per heavy atom. The normalized spacial score (nSPS) is 8.20. The van der Waals surface area contributed by atoms with E-state index in [1.54, 1.807) is 8.87 Å². The van der Waals surface area contributed by atoms with Crippen molar-refractivity contribution in [3.63, 3.8) is 0 Å². The molecule has 0 saturated carbocycles. The topological polar surface area (TPSA) is 0 Å². The van der Waals surface area contributed by atoms with Crippen molar-refractivity contribution in [2.45, 2.75) is 55.8 Å². The van der Waals surface area contributed by atoms with Crippen LogP contribution in [-0.4, -0.2) is 21.1 Å². The van der Waals surface area contributed by atoms with Gasteiger partial charge in [-0.15, -0.1) is 0 Å². The standard InChI is InChI=1S/2C4H9.CH4.Sn/c2*1-3-4-2;;/h2*1,3-4H2,2H3;1H4;/q;;;+2. The van der Waals surface area contributed by atoms with Crippen molar-refractivity contribution in [1.29, 1.82) is 0 Å². The van der Waals surface area contributed by atoms with Gasteiger partial charge in [0.05, 0.1) is 0 Å². The summed E-state index contributed by atoms with van der Waals surface area (Å²) in [6, 6.07) is 0. The van der Waals surface area contributed by atoms with Crippen LogP contribution in [0.25, 0.3) is 0 Å². The van der Waals surface area contributed by atoms with Gasteiger partial charge in [0.25, 0.3) is 0 Å². The summed E-state index contributed by atoms with van der Waals surface area (Å²) in [5.74, 6) is 0. The molecule has 0 heterocycles. The van der Waals surface area contributed by atoms with Gasteiger partial charge in [-0.2, -0.15) is 0 Å². The molecule has 0 aliphatic heterocycles. The zero-order valence-corrected chi connectivity index (χ0v) is 9.60. The molecule has 0 rings (SSSR count). The summed E-state index contributed by atoms with van der Waals surface area (Å²) < 4.78 is 3.25. The Kier molecular flexibility index (Phi) is 16.7. The molecule has 0 amide bonds. The van der Waals surface area contributed by atoms with Crippen LogP contribution in [0.5, 0.6) is 0 Å². The average Bonchev–Trinajstić information content (AvgIpc) is 1.89. The van der Waals surface area contributed by atoms with Crippen LogP contribution in [0.3, 0.4) is 0 Å². The third-order valence-corrected chi connectivity index (χ3v) is 5.45. The summed E-state index contributed by atoms with van der Waals surface area (Å²) in [4.78, 5) is 0. The molecule has 0 bridgehead atoms. The molecule has 0 radical (unpaired) electrons. The fourth-order valence-electron chi connectivity index (χ4n) is 0.729. The third kappa shape index (κ3) is 11.6. The van der Waals surface area contributed by atoms with Gasteiger partial charge in [0, 0.05) is 0 Å². The Morgan fingerprint density at radius 1 is 0.900 bits per heavy atom. The van der Waals surface area contributed by atoms with E-state index in [9.17, 15) is 0 Å². The first-order valence-electron chi connectivity index (χ1n) is 4.12. The molecule has 0 aromatic rings. The van der Waals surface area contributed by atoms with E-state index in [0.717, 1.165) is 0 Å². The predicted octanol–water partition coefficient (Wildman–Crippen LogP) is 3.76. The van der Waals surface area contributed by atoms with Crippen molar-refractivity contribution in [2.24, 2.45) is 0 Å². The Balaban J connectivity index is 0. The maximum atomic E-state index is 2.29. The molecular formula is C9H22Sn+2. The van der Waals surface area contributed by atoms with Crippen molar-refractivity contribution >= 4 is 21.1 Å². The number of unbranched alkanes of at least 4 members (excludes halogenated alkanes) is 2. The van der Waals surface area contributed by atoms with E-state index < -0.39 is 0 Å². The van der Waals surface area contributed by atoms with E-state index in [0.29, 0.717) is 0 Å². The third-order valence-electron chi connectivity index (χ3n) is 1.41. The molecule has 60 valence electrons. The van der Waals surface area contributed by atoms with E-state index >= 15 is 0 Å². The Labute approximate surface area is 77.0 Å². The summed E-state index contributed by atoms with van der Waals surface area (Å²) >= 11 is 0.149. The van der Waals surface area contributed by atoms with Gasteiger partial charge in [0.1, 0.15) is 0 Å². The molecule has 0 aromatic heterocycles. The number of hydrogen-bond donors (Lipinski definition) is 0. The Bertz CT molecular complexity index is 38.0. The molecule has 0 saturated heterocycles. The summed E-state index contributed by atoms with van der Waals surface area (Å²) in [6.07, 6.45) is 5.84. The minimum atomic E-state index is 0. The molecule has 0 atom stereocenters. The van der Waals surface area contributed by atoms with Gasteiger partial charge in [-0.25, -0.2) is 0 Å². The van der Waals surface area contributed by atoms with Crippen LogP contribution in [-0.2, 0) is 0 Å². The van der Waals surface area contributed by atoms with Gasteiger partial charge in [0.2, 0.25) is 0 Å². The molecule has 0 fully saturated rings. The summed E-state index contributed by atoms with van der Waals surface area (Å²) in [6.45, 7) is 4.58. The summed E-state index contributed by atoms with van der Waals surface area (Å²) in [7, 11) is 0. The molecule has 10 heavy (non-hydrogen) atoms. The molecule has 0 aromatic carbocycles. The first kappa shape index (κ1) is 13.4. The monoisotopic (exact) mass is 250 g/mol. The maximum absolute atomic E-state index is 2.29. The second-order valence-corrected chi connectivity index (χ2v) is 6.74. The van der Waals surface area contributed by atoms with E-state index in [1.807, 2.05) is 0 Å². The molecule has 1 heteroatoms. The molecule has 0 aliphatic rings. The van der Waals surface area contributed by atoms with Crippen molar-refractivity contribution in [2.75, 3.05) is 0 Å². The van der Waals surface area contributed by atoms with Gasteiger partial charge in [-0.1, -0.05) is 7.43 Å². The van der Waals surface area contributed by atoms with Crippen LogP contribution in [0.1, 0.15) is 47.0 Å². The fraction of sp³-hybridized carbons (Fsp3) is 1.00. The van der Waals surface area contributed by atoms with Crippen molar-refractivity contribution in [3.05, 3.63) is 0 Å². The zero-order chi connectivity index (χ0) is 6.95.